The van der Waals surface area contributed by atoms with Crippen LogP contribution in [0.2, 0.25) is 0 Å². The van der Waals surface area contributed by atoms with Crippen LogP contribution in [0.1, 0.15) is 6.42 Å². The lowest BCUT2D eigenvalue weighted by Crippen LogP contribution is -2.26. The van der Waals surface area contributed by atoms with Crippen LogP contribution in [0.3, 0.4) is 0 Å². The number of carbonyl (C=O) groups is 2. The zero-order valence-corrected chi connectivity index (χ0v) is 8.77. The third-order valence-corrected chi connectivity index (χ3v) is 1.86. The first-order chi connectivity index (χ1) is 7.68. The predicted molar refractivity (Wildman–Crippen MR) is 60.2 cm³/mol. The van der Waals surface area contributed by atoms with Crippen LogP contribution < -0.4 is 10.6 Å². The maximum atomic E-state index is 11.4. The molecule has 0 aliphatic rings. The molecule has 0 aromatic heterocycles. The molecule has 0 fully saturated rings. The van der Waals surface area contributed by atoms with E-state index >= 15 is 0 Å². The average molecular weight is 222 g/mol. The molecule has 0 saturated heterocycles. The van der Waals surface area contributed by atoms with Gasteiger partial charge in [0.15, 0.2) is 0 Å². The summed E-state index contributed by atoms with van der Waals surface area (Å²) < 4.78 is 0. The number of hydrogen-bond acceptors (Lipinski definition) is 3. The predicted octanol–water partition coefficient (Wildman–Crippen LogP) is 0.689. The molecule has 0 aliphatic heterocycles. The van der Waals surface area contributed by atoms with E-state index in [0.717, 1.165) is 5.69 Å². The standard InChI is InChI=1S/C11H14N2O3/c14-10(6-7-12-8-11(15)16)13-9-4-2-1-3-5-9/h1-5,12H,6-8H2,(H,13,14)(H,15,16). The monoisotopic (exact) mass is 222 g/mol. The van der Waals surface area contributed by atoms with E-state index in [0.29, 0.717) is 6.54 Å². The fourth-order valence-electron chi connectivity index (χ4n) is 1.14. The summed E-state index contributed by atoms with van der Waals surface area (Å²) in [5, 5.41) is 13.7. The van der Waals surface area contributed by atoms with Crippen LogP contribution in [0, 0.1) is 0 Å². The molecule has 5 heteroatoms. The van der Waals surface area contributed by atoms with E-state index in [1.807, 2.05) is 18.2 Å². The number of hydrogen-bond donors (Lipinski definition) is 3. The van der Waals surface area contributed by atoms with Gasteiger partial charge in [-0.15, -0.1) is 0 Å². The van der Waals surface area contributed by atoms with Gasteiger partial charge in [0.25, 0.3) is 0 Å². The molecule has 0 bridgehead atoms. The molecule has 0 radical (unpaired) electrons. The second-order valence-electron chi connectivity index (χ2n) is 3.23. The van der Waals surface area contributed by atoms with E-state index in [1.165, 1.54) is 0 Å². The summed E-state index contributed by atoms with van der Waals surface area (Å²) in [5.74, 6) is -1.06. The molecule has 3 N–H and O–H groups in total. The quantitative estimate of drug-likeness (QED) is 0.619. The van der Waals surface area contributed by atoms with Gasteiger partial charge in [-0.3, -0.25) is 9.59 Å². The van der Waals surface area contributed by atoms with Crippen molar-refractivity contribution in [1.29, 1.82) is 0 Å². The van der Waals surface area contributed by atoms with Gasteiger partial charge in [0.2, 0.25) is 5.91 Å². The smallest absolute Gasteiger partial charge is 0.317 e. The Bertz CT molecular complexity index is 352. The molecule has 0 unspecified atom stereocenters. The molecule has 16 heavy (non-hydrogen) atoms. The number of rotatable bonds is 6. The molecule has 1 rings (SSSR count). The molecule has 86 valence electrons. The molecule has 1 aromatic rings. The number of carboxylic acid groups (broad SMARTS) is 1. The lowest BCUT2D eigenvalue weighted by molar-refractivity contribution is -0.136. The fraction of sp³-hybridized carbons (Fsp3) is 0.273. The highest BCUT2D eigenvalue weighted by Gasteiger charge is 2.02. The lowest BCUT2D eigenvalue weighted by atomic mass is 10.3. The highest BCUT2D eigenvalue weighted by molar-refractivity contribution is 5.90. The highest BCUT2D eigenvalue weighted by atomic mass is 16.4. The van der Waals surface area contributed by atoms with Crippen LogP contribution in [-0.4, -0.2) is 30.1 Å². The van der Waals surface area contributed by atoms with Gasteiger partial charge in [-0.1, -0.05) is 18.2 Å². The number of carbonyl (C=O) groups excluding carboxylic acids is 1. The van der Waals surface area contributed by atoms with Gasteiger partial charge in [-0.05, 0) is 12.1 Å². The molecule has 1 amide bonds. The van der Waals surface area contributed by atoms with E-state index in [4.69, 9.17) is 5.11 Å². The average Bonchev–Trinajstić information content (AvgIpc) is 2.25. The first kappa shape index (κ1) is 12.2. The van der Waals surface area contributed by atoms with Gasteiger partial charge >= 0.3 is 5.97 Å². The Kier molecular flexibility index (Phi) is 5.01. The Morgan fingerprint density at radius 1 is 1.19 bits per heavy atom. The van der Waals surface area contributed by atoms with Gasteiger partial charge < -0.3 is 15.7 Å². The minimum atomic E-state index is -0.927. The molecule has 1 aromatic carbocycles. The summed E-state index contributed by atoms with van der Waals surface area (Å²) in [4.78, 5) is 21.5. The van der Waals surface area contributed by atoms with Gasteiger partial charge in [-0.25, -0.2) is 0 Å². The van der Waals surface area contributed by atoms with Crippen LogP contribution in [-0.2, 0) is 9.59 Å². The molecule has 0 saturated carbocycles. The van der Waals surface area contributed by atoms with Crippen LogP contribution in [0.5, 0.6) is 0 Å². The Labute approximate surface area is 93.5 Å². The largest absolute Gasteiger partial charge is 0.480 e. The van der Waals surface area contributed by atoms with E-state index in [2.05, 4.69) is 10.6 Å². The second kappa shape index (κ2) is 6.58. The Morgan fingerprint density at radius 2 is 1.88 bits per heavy atom. The van der Waals surface area contributed by atoms with Crippen molar-refractivity contribution >= 4 is 17.6 Å². The topological polar surface area (TPSA) is 78.4 Å². The minimum absolute atomic E-state index is 0.126. The van der Waals surface area contributed by atoms with Crippen LogP contribution in [0.4, 0.5) is 5.69 Å². The Balaban J connectivity index is 2.19. The van der Waals surface area contributed by atoms with E-state index in [1.54, 1.807) is 12.1 Å². The third-order valence-electron chi connectivity index (χ3n) is 1.86. The summed E-state index contributed by atoms with van der Waals surface area (Å²) in [5.41, 5.74) is 0.741. The number of amides is 1. The van der Waals surface area contributed by atoms with Crippen molar-refractivity contribution in [1.82, 2.24) is 5.32 Å². The van der Waals surface area contributed by atoms with Crippen molar-refractivity contribution < 1.29 is 14.7 Å². The van der Waals surface area contributed by atoms with Crippen LogP contribution >= 0.6 is 0 Å². The van der Waals surface area contributed by atoms with Gasteiger partial charge in [0.05, 0.1) is 6.54 Å². The van der Waals surface area contributed by atoms with Gasteiger partial charge in [-0.2, -0.15) is 0 Å². The van der Waals surface area contributed by atoms with Crippen molar-refractivity contribution in [2.75, 3.05) is 18.4 Å². The number of nitrogens with one attached hydrogen (secondary N) is 2. The summed E-state index contributed by atoms with van der Waals surface area (Å²) in [6.45, 7) is 0.226. The van der Waals surface area contributed by atoms with Crippen molar-refractivity contribution in [2.45, 2.75) is 6.42 Å². The molecule has 5 nitrogen and oxygen atoms in total. The summed E-state index contributed by atoms with van der Waals surface area (Å²) in [6.07, 6.45) is 0.252. The number of para-hydroxylation sites is 1. The maximum absolute atomic E-state index is 11.4. The summed E-state index contributed by atoms with van der Waals surface area (Å²) in [7, 11) is 0. The van der Waals surface area contributed by atoms with Crippen molar-refractivity contribution in [3.63, 3.8) is 0 Å². The highest BCUT2D eigenvalue weighted by Crippen LogP contribution is 2.04. The number of aliphatic carboxylic acids is 1. The van der Waals surface area contributed by atoms with Crippen LogP contribution in [0.25, 0.3) is 0 Å². The van der Waals surface area contributed by atoms with E-state index in [-0.39, 0.29) is 18.9 Å². The molecular weight excluding hydrogens is 208 g/mol. The first-order valence-corrected chi connectivity index (χ1v) is 4.96. The van der Waals surface area contributed by atoms with E-state index in [9.17, 15) is 9.59 Å². The van der Waals surface area contributed by atoms with Gasteiger partial charge in [0.1, 0.15) is 0 Å². The summed E-state index contributed by atoms with van der Waals surface area (Å²) in [6, 6.07) is 9.12. The zero-order chi connectivity index (χ0) is 11.8. The number of carboxylic acids is 1. The van der Waals surface area contributed by atoms with Crippen molar-refractivity contribution in [3.05, 3.63) is 30.3 Å². The molecule has 0 aliphatic carbocycles. The molecule has 0 spiro atoms. The summed E-state index contributed by atoms with van der Waals surface area (Å²) >= 11 is 0. The minimum Gasteiger partial charge on any atom is -0.480 e. The van der Waals surface area contributed by atoms with E-state index < -0.39 is 5.97 Å². The second-order valence-corrected chi connectivity index (χ2v) is 3.23. The maximum Gasteiger partial charge on any atom is 0.317 e. The normalized spacial score (nSPS) is 9.75. The number of anilines is 1. The molecule has 0 heterocycles. The first-order valence-electron chi connectivity index (χ1n) is 4.96. The SMILES string of the molecule is O=C(O)CNCCC(=O)Nc1ccccc1. The zero-order valence-electron chi connectivity index (χ0n) is 8.77. The fourth-order valence-corrected chi connectivity index (χ4v) is 1.14. The van der Waals surface area contributed by atoms with Crippen molar-refractivity contribution in [2.24, 2.45) is 0 Å². The van der Waals surface area contributed by atoms with Gasteiger partial charge in [0, 0.05) is 18.7 Å². The number of benzene rings is 1. The lowest BCUT2D eigenvalue weighted by Gasteiger charge is -2.04. The third kappa shape index (κ3) is 5.11. The van der Waals surface area contributed by atoms with Crippen molar-refractivity contribution in [3.8, 4) is 0 Å². The Morgan fingerprint density at radius 3 is 2.50 bits per heavy atom. The molecular formula is C11H14N2O3. The molecule has 0 atom stereocenters. The van der Waals surface area contributed by atoms with Crippen LogP contribution in [0.15, 0.2) is 30.3 Å². The Hall–Kier alpha value is -1.88.